The summed E-state index contributed by atoms with van der Waals surface area (Å²) >= 11 is 8.90. The zero-order chi connectivity index (χ0) is 16.8. The van der Waals surface area contributed by atoms with Crippen molar-refractivity contribution >= 4 is 50.7 Å². The fourth-order valence-electron chi connectivity index (χ4n) is 2.63. The largest absolute Gasteiger partial charge is 0.270 e. The molecule has 0 radical (unpaired) electrons. The van der Waals surface area contributed by atoms with E-state index in [0.717, 1.165) is 15.3 Å². The van der Waals surface area contributed by atoms with Crippen molar-refractivity contribution in [2.45, 2.75) is 18.6 Å². The molecule has 24 heavy (non-hydrogen) atoms. The van der Waals surface area contributed by atoms with Gasteiger partial charge >= 0.3 is 0 Å². The van der Waals surface area contributed by atoms with Crippen LogP contribution in [0.15, 0.2) is 40.3 Å². The highest BCUT2D eigenvalue weighted by Gasteiger charge is 2.17. The van der Waals surface area contributed by atoms with E-state index < -0.39 is 0 Å². The van der Waals surface area contributed by atoms with Crippen molar-refractivity contribution < 1.29 is 0 Å². The predicted octanol–water partition coefficient (Wildman–Crippen LogP) is 3.84. The molecule has 122 valence electrons. The molecular formula is C16H13ClN4OS2. The van der Waals surface area contributed by atoms with Crippen molar-refractivity contribution in [3.8, 4) is 0 Å². The number of aryl methyl sites for hydroxylation is 1. The Morgan fingerprint density at radius 2 is 2.04 bits per heavy atom. The van der Waals surface area contributed by atoms with Crippen LogP contribution in [0.5, 0.6) is 0 Å². The summed E-state index contributed by atoms with van der Waals surface area (Å²) in [5.74, 6) is 0.564. The summed E-state index contributed by atoms with van der Waals surface area (Å²) < 4.78 is 3.36. The standard InChI is InChI=1S/C16H13ClN4OS2/c1-9-7-12-13(24-9)18-15-20(8-10-3-5-11(17)6-4-10)19-16(23-2)21(15)14(12)22/h3-7H,8H2,1-2H3. The third-order valence-corrected chi connectivity index (χ3v) is 5.55. The Labute approximate surface area is 150 Å². The molecule has 3 heterocycles. The number of rotatable bonds is 3. The van der Waals surface area contributed by atoms with Gasteiger partial charge in [0.05, 0.1) is 11.9 Å². The molecule has 0 aliphatic carbocycles. The van der Waals surface area contributed by atoms with Crippen molar-refractivity contribution in [2.24, 2.45) is 0 Å². The van der Waals surface area contributed by atoms with Gasteiger partial charge < -0.3 is 0 Å². The molecule has 0 N–H and O–H groups in total. The molecule has 0 bridgehead atoms. The first-order chi connectivity index (χ1) is 11.6. The van der Waals surface area contributed by atoms with Gasteiger partial charge in [-0.05, 0) is 36.9 Å². The zero-order valence-corrected chi connectivity index (χ0v) is 15.4. The van der Waals surface area contributed by atoms with Crippen molar-refractivity contribution in [1.29, 1.82) is 0 Å². The van der Waals surface area contributed by atoms with Gasteiger partial charge in [-0.1, -0.05) is 35.5 Å². The molecule has 4 aromatic rings. The van der Waals surface area contributed by atoms with Crippen LogP contribution in [0.2, 0.25) is 5.02 Å². The van der Waals surface area contributed by atoms with Crippen LogP contribution in [-0.2, 0) is 6.54 Å². The molecule has 8 heteroatoms. The fourth-order valence-corrected chi connectivity index (χ4v) is 4.15. The lowest BCUT2D eigenvalue weighted by Gasteiger charge is -2.03. The lowest BCUT2D eigenvalue weighted by Crippen LogP contribution is -2.15. The lowest BCUT2D eigenvalue weighted by molar-refractivity contribution is 0.681. The van der Waals surface area contributed by atoms with Gasteiger partial charge in [0.1, 0.15) is 4.83 Å². The number of thioether (sulfide) groups is 1. The summed E-state index contributed by atoms with van der Waals surface area (Å²) in [6, 6.07) is 9.48. The van der Waals surface area contributed by atoms with Gasteiger partial charge in [0.2, 0.25) is 5.78 Å². The van der Waals surface area contributed by atoms with Crippen molar-refractivity contribution in [2.75, 3.05) is 6.26 Å². The van der Waals surface area contributed by atoms with Gasteiger partial charge in [-0.2, -0.15) is 0 Å². The summed E-state index contributed by atoms with van der Waals surface area (Å²) in [6.45, 7) is 2.51. The van der Waals surface area contributed by atoms with Gasteiger partial charge in [0.15, 0.2) is 5.16 Å². The number of nitrogens with zero attached hydrogens (tertiary/aromatic N) is 4. The summed E-state index contributed by atoms with van der Waals surface area (Å²) in [5.41, 5.74) is 0.986. The number of fused-ring (bicyclic) bond motifs is 2. The summed E-state index contributed by atoms with van der Waals surface area (Å²) in [4.78, 5) is 19.3. The Morgan fingerprint density at radius 1 is 1.29 bits per heavy atom. The van der Waals surface area contributed by atoms with Gasteiger partial charge in [-0.15, -0.1) is 16.4 Å². The second kappa shape index (κ2) is 5.91. The summed E-state index contributed by atoms with van der Waals surface area (Å²) in [7, 11) is 0. The van der Waals surface area contributed by atoms with Crippen molar-refractivity contribution in [1.82, 2.24) is 19.2 Å². The maximum Gasteiger partial charge on any atom is 0.270 e. The number of thiophene rings is 1. The highest BCUT2D eigenvalue weighted by Crippen LogP contribution is 2.23. The number of aromatic nitrogens is 4. The smallest absolute Gasteiger partial charge is 0.268 e. The maximum atomic E-state index is 12.8. The third-order valence-electron chi connectivity index (χ3n) is 3.73. The van der Waals surface area contributed by atoms with E-state index in [2.05, 4.69) is 10.1 Å². The molecule has 5 nitrogen and oxygen atoms in total. The first-order valence-electron chi connectivity index (χ1n) is 7.25. The average Bonchev–Trinajstić information content (AvgIpc) is 3.10. The Morgan fingerprint density at radius 3 is 2.75 bits per heavy atom. The van der Waals surface area contributed by atoms with Gasteiger partial charge in [0.25, 0.3) is 5.56 Å². The number of hydrogen-bond donors (Lipinski definition) is 0. The normalized spacial score (nSPS) is 11.6. The van der Waals surface area contributed by atoms with Crippen molar-refractivity contribution in [3.63, 3.8) is 0 Å². The molecular weight excluding hydrogens is 364 g/mol. The Kier molecular flexibility index (Phi) is 3.86. The van der Waals surface area contributed by atoms with Crippen LogP contribution in [0.1, 0.15) is 10.4 Å². The van der Waals surface area contributed by atoms with Crippen LogP contribution in [0, 0.1) is 6.92 Å². The predicted molar refractivity (Wildman–Crippen MR) is 99.7 cm³/mol. The van der Waals surface area contributed by atoms with E-state index in [1.54, 1.807) is 9.08 Å². The van der Waals surface area contributed by atoms with Gasteiger partial charge in [-0.25, -0.2) is 14.1 Å². The average molecular weight is 377 g/mol. The molecule has 0 spiro atoms. The Hall–Kier alpha value is -1.83. The van der Waals surface area contributed by atoms with Crippen LogP contribution in [0.4, 0.5) is 0 Å². The highest BCUT2D eigenvalue weighted by molar-refractivity contribution is 7.98. The first-order valence-corrected chi connectivity index (χ1v) is 9.67. The van der Waals surface area contributed by atoms with E-state index in [0.29, 0.717) is 27.9 Å². The van der Waals surface area contributed by atoms with Crippen molar-refractivity contribution in [3.05, 3.63) is 56.1 Å². The molecule has 0 saturated carbocycles. The minimum atomic E-state index is -0.0638. The zero-order valence-electron chi connectivity index (χ0n) is 13.0. The molecule has 0 atom stereocenters. The molecule has 0 fully saturated rings. The molecule has 0 aliphatic heterocycles. The second-order valence-corrected chi connectivity index (χ2v) is 7.84. The summed E-state index contributed by atoms with van der Waals surface area (Å²) in [5, 5.41) is 6.55. The van der Waals surface area contributed by atoms with E-state index in [9.17, 15) is 4.79 Å². The van der Waals surface area contributed by atoms with E-state index in [1.165, 1.54) is 23.1 Å². The van der Waals surface area contributed by atoms with E-state index in [-0.39, 0.29) is 5.56 Å². The highest BCUT2D eigenvalue weighted by atomic mass is 35.5. The number of benzene rings is 1. The first kappa shape index (κ1) is 15.7. The van der Waals surface area contributed by atoms with E-state index in [4.69, 9.17) is 11.6 Å². The molecule has 3 aromatic heterocycles. The Balaban J connectivity index is 1.95. The van der Waals surface area contributed by atoms with Crippen LogP contribution in [0.25, 0.3) is 16.0 Å². The van der Waals surface area contributed by atoms with Gasteiger partial charge in [-0.3, -0.25) is 4.79 Å². The van der Waals surface area contributed by atoms with Crippen LogP contribution < -0.4 is 5.56 Å². The topological polar surface area (TPSA) is 52.2 Å². The molecule has 1 aromatic carbocycles. The molecule has 0 amide bonds. The molecule has 4 rings (SSSR count). The summed E-state index contributed by atoms with van der Waals surface area (Å²) in [6.07, 6.45) is 1.91. The lowest BCUT2D eigenvalue weighted by atomic mass is 10.2. The van der Waals surface area contributed by atoms with Crippen LogP contribution in [-0.4, -0.2) is 25.4 Å². The molecule has 0 aliphatic rings. The minimum Gasteiger partial charge on any atom is -0.268 e. The van der Waals surface area contributed by atoms with E-state index in [1.807, 2.05) is 43.5 Å². The minimum absolute atomic E-state index is 0.0638. The fraction of sp³-hybridized carbons (Fsp3) is 0.188. The maximum absolute atomic E-state index is 12.8. The quantitative estimate of drug-likeness (QED) is 0.510. The SMILES string of the molecule is CSc1nn(Cc2ccc(Cl)cc2)c2nc3sc(C)cc3c(=O)n12. The third kappa shape index (κ3) is 2.53. The number of hydrogen-bond acceptors (Lipinski definition) is 5. The number of halogens is 1. The monoisotopic (exact) mass is 376 g/mol. The second-order valence-electron chi connectivity index (χ2n) is 5.40. The van der Waals surface area contributed by atoms with Crippen LogP contribution >= 0.6 is 34.7 Å². The van der Waals surface area contributed by atoms with Gasteiger partial charge in [0, 0.05) is 9.90 Å². The molecule has 0 unspecified atom stereocenters. The van der Waals surface area contributed by atoms with E-state index >= 15 is 0 Å². The Bertz CT molecular complexity index is 1110. The molecule has 0 saturated heterocycles. The van der Waals surface area contributed by atoms with Crippen LogP contribution in [0.3, 0.4) is 0 Å².